The molecule has 2 aromatic rings. The van der Waals surface area contributed by atoms with Gasteiger partial charge >= 0.3 is 5.97 Å². The summed E-state index contributed by atoms with van der Waals surface area (Å²) in [5.74, 6) is -1.33. The maximum Gasteiger partial charge on any atom is 0.339 e. The Balaban J connectivity index is 2.03. The van der Waals surface area contributed by atoms with Gasteiger partial charge in [0.1, 0.15) is 5.69 Å². The predicted molar refractivity (Wildman–Crippen MR) is 113 cm³/mol. The van der Waals surface area contributed by atoms with Crippen LogP contribution in [0, 0.1) is 10.1 Å². The van der Waals surface area contributed by atoms with E-state index in [-0.39, 0.29) is 16.9 Å². The molecule has 2 N–H and O–H groups in total. The highest BCUT2D eigenvalue weighted by Gasteiger charge is 2.22. The van der Waals surface area contributed by atoms with E-state index in [4.69, 9.17) is 9.47 Å². The molecule has 2 rings (SSSR count). The highest BCUT2D eigenvalue weighted by molar-refractivity contribution is 5.97. The Hall–Kier alpha value is -3.46. The number of methoxy groups -OCH3 is 1. The highest BCUT2D eigenvalue weighted by Crippen LogP contribution is 2.26. The van der Waals surface area contributed by atoms with Crippen molar-refractivity contribution in [3.05, 3.63) is 63.7 Å². The SMILES string of the molecule is CCc1ccc(NC(=O)[C@@H](C)OC(=O)c2ccc(NCCOC)c([N+](=O)[O-])c2)cc1. The third-order valence-corrected chi connectivity index (χ3v) is 4.33. The zero-order valence-electron chi connectivity index (χ0n) is 17.1. The van der Waals surface area contributed by atoms with E-state index in [1.807, 2.05) is 19.1 Å². The zero-order chi connectivity index (χ0) is 22.1. The van der Waals surface area contributed by atoms with Gasteiger partial charge < -0.3 is 20.1 Å². The van der Waals surface area contributed by atoms with E-state index in [0.717, 1.165) is 18.1 Å². The molecule has 0 aliphatic heterocycles. The minimum absolute atomic E-state index is 0.0223. The smallest absolute Gasteiger partial charge is 0.339 e. The van der Waals surface area contributed by atoms with Gasteiger partial charge in [-0.15, -0.1) is 0 Å². The number of esters is 1. The van der Waals surface area contributed by atoms with Crippen LogP contribution in [0.15, 0.2) is 42.5 Å². The molecule has 160 valence electrons. The fraction of sp³-hybridized carbons (Fsp3) is 0.333. The molecule has 0 bridgehead atoms. The quantitative estimate of drug-likeness (QED) is 0.264. The van der Waals surface area contributed by atoms with Gasteiger partial charge in [-0.2, -0.15) is 0 Å². The van der Waals surface area contributed by atoms with Crippen LogP contribution >= 0.6 is 0 Å². The molecule has 0 saturated heterocycles. The summed E-state index contributed by atoms with van der Waals surface area (Å²) in [5, 5.41) is 16.9. The second-order valence-electron chi connectivity index (χ2n) is 6.50. The van der Waals surface area contributed by atoms with Gasteiger partial charge in [0.05, 0.1) is 17.1 Å². The van der Waals surface area contributed by atoms with Crippen molar-refractivity contribution in [3.8, 4) is 0 Å². The maximum absolute atomic E-state index is 12.4. The van der Waals surface area contributed by atoms with Gasteiger partial charge in [0.15, 0.2) is 6.10 Å². The van der Waals surface area contributed by atoms with Crippen molar-refractivity contribution in [2.75, 3.05) is 30.9 Å². The van der Waals surface area contributed by atoms with Gasteiger partial charge in [0.25, 0.3) is 11.6 Å². The Bertz CT molecular complexity index is 898. The van der Waals surface area contributed by atoms with Crippen molar-refractivity contribution in [1.82, 2.24) is 0 Å². The molecule has 30 heavy (non-hydrogen) atoms. The molecule has 0 radical (unpaired) electrons. The van der Waals surface area contributed by atoms with E-state index in [2.05, 4.69) is 10.6 Å². The van der Waals surface area contributed by atoms with E-state index < -0.39 is 22.9 Å². The van der Waals surface area contributed by atoms with Crippen molar-refractivity contribution >= 4 is 28.9 Å². The number of nitro groups is 1. The molecule has 2 aromatic carbocycles. The van der Waals surface area contributed by atoms with E-state index in [1.165, 1.54) is 26.2 Å². The second kappa shape index (κ2) is 10.9. The lowest BCUT2D eigenvalue weighted by Gasteiger charge is -2.14. The second-order valence-corrected chi connectivity index (χ2v) is 6.50. The number of hydrogen-bond acceptors (Lipinski definition) is 7. The standard InChI is InChI=1S/C21H25N3O6/c1-4-15-5-8-17(9-6-15)23-20(25)14(2)30-21(26)16-7-10-18(22-11-12-29-3)19(13-16)24(27)28/h5-10,13-14,22H,4,11-12H2,1-3H3,(H,23,25)/t14-/m1/s1. The summed E-state index contributed by atoms with van der Waals surface area (Å²) in [6.07, 6.45) is -0.198. The number of amides is 1. The van der Waals surface area contributed by atoms with Crippen molar-refractivity contribution in [2.24, 2.45) is 0 Å². The first-order chi connectivity index (χ1) is 14.3. The molecule has 9 heteroatoms. The zero-order valence-corrected chi connectivity index (χ0v) is 17.1. The van der Waals surface area contributed by atoms with Gasteiger partial charge in [0, 0.05) is 25.4 Å². The largest absolute Gasteiger partial charge is 0.449 e. The first kappa shape index (κ1) is 22.8. The first-order valence-corrected chi connectivity index (χ1v) is 9.47. The minimum atomic E-state index is -1.08. The van der Waals surface area contributed by atoms with Gasteiger partial charge in [-0.3, -0.25) is 14.9 Å². The molecule has 9 nitrogen and oxygen atoms in total. The molecular weight excluding hydrogens is 390 g/mol. The average molecular weight is 415 g/mol. The fourth-order valence-corrected chi connectivity index (χ4v) is 2.60. The van der Waals surface area contributed by atoms with Gasteiger partial charge in [-0.1, -0.05) is 19.1 Å². The van der Waals surface area contributed by atoms with Gasteiger partial charge in [-0.05, 0) is 43.2 Å². The fourth-order valence-electron chi connectivity index (χ4n) is 2.60. The van der Waals surface area contributed by atoms with E-state index in [1.54, 1.807) is 12.1 Å². The molecule has 0 saturated carbocycles. The van der Waals surface area contributed by atoms with E-state index >= 15 is 0 Å². The summed E-state index contributed by atoms with van der Waals surface area (Å²) >= 11 is 0. The predicted octanol–water partition coefficient (Wildman–Crippen LogP) is 3.40. The Morgan fingerprint density at radius 1 is 1.17 bits per heavy atom. The number of anilines is 2. The third-order valence-electron chi connectivity index (χ3n) is 4.33. The molecule has 1 amide bonds. The molecule has 1 atom stereocenters. The summed E-state index contributed by atoms with van der Waals surface area (Å²) < 4.78 is 10.1. The lowest BCUT2D eigenvalue weighted by molar-refractivity contribution is -0.384. The number of carbonyl (C=O) groups is 2. The van der Waals surface area contributed by atoms with Crippen LogP contribution in [0.1, 0.15) is 29.8 Å². The molecule has 0 unspecified atom stereocenters. The molecule has 0 aromatic heterocycles. The van der Waals surface area contributed by atoms with Crippen LogP contribution in [0.2, 0.25) is 0 Å². The average Bonchev–Trinajstić information content (AvgIpc) is 2.74. The number of ether oxygens (including phenoxy) is 2. The normalized spacial score (nSPS) is 11.4. The Morgan fingerprint density at radius 3 is 2.47 bits per heavy atom. The highest BCUT2D eigenvalue weighted by atomic mass is 16.6. The summed E-state index contributed by atoms with van der Waals surface area (Å²) in [7, 11) is 1.52. The van der Waals surface area contributed by atoms with Crippen LogP contribution in [-0.2, 0) is 20.7 Å². The van der Waals surface area contributed by atoms with Crippen LogP contribution in [0.25, 0.3) is 0 Å². The summed E-state index contributed by atoms with van der Waals surface area (Å²) in [4.78, 5) is 35.4. The number of carbonyl (C=O) groups excluding carboxylic acids is 2. The number of benzene rings is 2. The number of rotatable bonds is 10. The van der Waals surface area contributed by atoms with Crippen molar-refractivity contribution in [1.29, 1.82) is 0 Å². The number of nitrogens with zero attached hydrogens (tertiary/aromatic N) is 1. The number of hydrogen-bond donors (Lipinski definition) is 2. The van der Waals surface area contributed by atoms with Gasteiger partial charge in [-0.25, -0.2) is 4.79 Å². The van der Waals surface area contributed by atoms with Crippen molar-refractivity contribution < 1.29 is 24.0 Å². The Morgan fingerprint density at radius 2 is 1.87 bits per heavy atom. The van der Waals surface area contributed by atoms with Crippen LogP contribution < -0.4 is 10.6 Å². The van der Waals surface area contributed by atoms with Crippen molar-refractivity contribution in [3.63, 3.8) is 0 Å². The molecule has 0 fully saturated rings. The van der Waals surface area contributed by atoms with Crippen LogP contribution in [0.4, 0.5) is 17.1 Å². The summed E-state index contributed by atoms with van der Waals surface area (Å²) in [6, 6.07) is 11.3. The van der Waals surface area contributed by atoms with Crippen LogP contribution in [0.5, 0.6) is 0 Å². The topological polar surface area (TPSA) is 120 Å². The molecule has 0 spiro atoms. The van der Waals surface area contributed by atoms with Gasteiger partial charge in [0.2, 0.25) is 0 Å². The third kappa shape index (κ3) is 6.28. The van der Waals surface area contributed by atoms with E-state index in [9.17, 15) is 19.7 Å². The maximum atomic E-state index is 12.4. The number of nitrogens with one attached hydrogen (secondary N) is 2. The molecule has 0 heterocycles. The monoisotopic (exact) mass is 415 g/mol. The molecular formula is C21H25N3O6. The Kier molecular flexibility index (Phi) is 8.30. The lowest BCUT2D eigenvalue weighted by atomic mass is 10.1. The van der Waals surface area contributed by atoms with Crippen molar-refractivity contribution in [2.45, 2.75) is 26.4 Å². The summed E-state index contributed by atoms with van der Waals surface area (Å²) in [6.45, 7) is 4.21. The lowest BCUT2D eigenvalue weighted by Crippen LogP contribution is -2.30. The molecule has 0 aliphatic rings. The number of aryl methyl sites for hydroxylation is 1. The minimum Gasteiger partial charge on any atom is -0.449 e. The van der Waals surface area contributed by atoms with Crippen LogP contribution in [0.3, 0.4) is 0 Å². The summed E-state index contributed by atoms with van der Waals surface area (Å²) in [5.41, 5.74) is 1.69. The first-order valence-electron chi connectivity index (χ1n) is 9.47. The number of nitro benzene ring substituents is 1. The van der Waals surface area contributed by atoms with Crippen LogP contribution in [-0.4, -0.2) is 43.2 Å². The Labute approximate surface area is 174 Å². The van der Waals surface area contributed by atoms with E-state index in [0.29, 0.717) is 18.8 Å². The molecule has 0 aliphatic carbocycles.